The van der Waals surface area contributed by atoms with Gasteiger partial charge in [0.1, 0.15) is 5.56 Å². The Hall–Kier alpha value is -0.970. The van der Waals surface area contributed by atoms with Crippen molar-refractivity contribution in [2.24, 2.45) is 0 Å². The van der Waals surface area contributed by atoms with Crippen molar-refractivity contribution in [1.29, 1.82) is 0 Å². The van der Waals surface area contributed by atoms with Crippen LogP contribution in [0.25, 0.3) is 0 Å². The van der Waals surface area contributed by atoms with E-state index in [4.69, 9.17) is 27.9 Å². The van der Waals surface area contributed by atoms with Crippen molar-refractivity contribution in [3.63, 3.8) is 0 Å². The molecule has 1 fully saturated rings. The molecule has 1 unspecified atom stereocenters. The number of ether oxygens (including phenoxy) is 1. The van der Waals surface area contributed by atoms with Crippen LogP contribution < -0.4 is 10.1 Å². The Kier molecular flexibility index (Phi) is 4.55. The quantitative estimate of drug-likeness (QED) is 0.932. The van der Waals surface area contributed by atoms with E-state index >= 15 is 0 Å². The predicted molar refractivity (Wildman–Crippen MR) is 76.4 cm³/mol. The highest BCUT2D eigenvalue weighted by atomic mass is 35.5. The van der Waals surface area contributed by atoms with Crippen LogP contribution in [0.1, 0.15) is 16.8 Å². The third kappa shape index (κ3) is 3.14. The second kappa shape index (κ2) is 5.99. The molecule has 0 spiro atoms. The van der Waals surface area contributed by atoms with Crippen LogP contribution in [0.4, 0.5) is 0 Å². The van der Waals surface area contributed by atoms with Gasteiger partial charge >= 0.3 is 0 Å². The van der Waals surface area contributed by atoms with E-state index in [0.717, 1.165) is 19.5 Å². The topological polar surface area (TPSA) is 41.6 Å². The number of hydrogen-bond donors (Lipinski definition) is 1. The minimum absolute atomic E-state index is 0.136. The van der Waals surface area contributed by atoms with Crippen LogP contribution in [0.15, 0.2) is 12.1 Å². The summed E-state index contributed by atoms with van der Waals surface area (Å²) in [5, 5.41) is 3.68. The number of hydrogen-bond acceptors (Lipinski definition) is 3. The van der Waals surface area contributed by atoms with Gasteiger partial charge in [-0.15, -0.1) is 0 Å². The Balaban J connectivity index is 2.21. The average molecular weight is 303 g/mol. The maximum Gasteiger partial charge on any atom is 0.256 e. The molecule has 0 aliphatic carbocycles. The first-order valence-corrected chi connectivity index (χ1v) is 6.80. The molecule has 2 rings (SSSR count). The number of nitrogens with one attached hydrogen (secondary N) is 1. The van der Waals surface area contributed by atoms with Crippen molar-refractivity contribution < 1.29 is 9.53 Å². The van der Waals surface area contributed by atoms with Crippen LogP contribution in [-0.2, 0) is 0 Å². The summed E-state index contributed by atoms with van der Waals surface area (Å²) in [5.74, 6) is 0.0719. The summed E-state index contributed by atoms with van der Waals surface area (Å²) in [5.41, 5.74) is 0.297. The first-order valence-electron chi connectivity index (χ1n) is 6.04. The van der Waals surface area contributed by atoms with Gasteiger partial charge in [-0.05, 0) is 32.1 Å². The third-order valence-corrected chi connectivity index (χ3v) is 3.83. The first kappa shape index (κ1) is 14.4. The van der Waals surface area contributed by atoms with Crippen molar-refractivity contribution in [2.45, 2.75) is 12.5 Å². The molecule has 1 N–H and O–H groups in total. The minimum atomic E-state index is -0.246. The largest absolute Gasteiger partial charge is 0.494 e. The van der Waals surface area contributed by atoms with Gasteiger partial charge in [0.15, 0.2) is 5.75 Å². The molecular formula is C13H16Cl2N2O2. The molecule has 104 valence electrons. The molecule has 4 nitrogen and oxygen atoms in total. The van der Waals surface area contributed by atoms with Gasteiger partial charge in [0, 0.05) is 12.6 Å². The number of benzene rings is 1. The van der Waals surface area contributed by atoms with Crippen LogP contribution in [0.5, 0.6) is 5.75 Å². The van der Waals surface area contributed by atoms with E-state index in [9.17, 15) is 4.79 Å². The smallest absolute Gasteiger partial charge is 0.256 e. The van der Waals surface area contributed by atoms with Crippen molar-refractivity contribution in [2.75, 3.05) is 27.2 Å². The molecule has 1 atom stereocenters. The number of carbonyl (C=O) groups excluding carboxylic acids is 1. The molecule has 1 aliphatic rings. The van der Waals surface area contributed by atoms with Gasteiger partial charge in [-0.1, -0.05) is 23.2 Å². The summed E-state index contributed by atoms with van der Waals surface area (Å²) in [7, 11) is 3.50. The number of nitrogens with zero attached hydrogens (tertiary/aromatic N) is 1. The lowest BCUT2D eigenvalue weighted by Gasteiger charge is -2.16. The molecule has 1 heterocycles. The van der Waals surface area contributed by atoms with Gasteiger partial charge in [-0.3, -0.25) is 4.79 Å². The van der Waals surface area contributed by atoms with Gasteiger partial charge in [0.2, 0.25) is 0 Å². The van der Waals surface area contributed by atoms with Gasteiger partial charge in [-0.25, -0.2) is 0 Å². The van der Waals surface area contributed by atoms with Crippen molar-refractivity contribution in [3.8, 4) is 5.75 Å². The van der Waals surface area contributed by atoms with Crippen molar-refractivity contribution >= 4 is 29.1 Å². The van der Waals surface area contributed by atoms with E-state index in [1.807, 2.05) is 7.05 Å². The van der Waals surface area contributed by atoms with Crippen LogP contribution in [0.3, 0.4) is 0 Å². The molecule has 0 saturated carbocycles. The van der Waals surface area contributed by atoms with Crippen LogP contribution in [0, 0.1) is 0 Å². The summed E-state index contributed by atoms with van der Waals surface area (Å²) in [6.45, 7) is 1.82. The van der Waals surface area contributed by atoms with Gasteiger partial charge in [-0.2, -0.15) is 0 Å². The van der Waals surface area contributed by atoms with E-state index in [1.54, 1.807) is 12.1 Å². The monoisotopic (exact) mass is 302 g/mol. The molecule has 0 aromatic heterocycles. The van der Waals surface area contributed by atoms with E-state index in [-0.39, 0.29) is 11.9 Å². The van der Waals surface area contributed by atoms with Gasteiger partial charge in [0.25, 0.3) is 5.91 Å². The molecular weight excluding hydrogens is 287 g/mol. The highest BCUT2D eigenvalue weighted by Crippen LogP contribution is 2.33. The fourth-order valence-electron chi connectivity index (χ4n) is 2.25. The number of rotatable bonds is 3. The second-order valence-electron chi connectivity index (χ2n) is 4.66. The normalized spacial score (nSPS) is 19.5. The predicted octanol–water partition coefficient (Wildman–Crippen LogP) is 2.44. The second-order valence-corrected chi connectivity index (χ2v) is 5.47. The number of carbonyl (C=O) groups is 1. The fraction of sp³-hybridized carbons (Fsp3) is 0.462. The number of likely N-dealkylation sites (N-methyl/N-ethyl adjacent to an activating group) is 1. The molecule has 1 aromatic rings. The highest BCUT2D eigenvalue weighted by molar-refractivity contribution is 6.37. The minimum Gasteiger partial charge on any atom is -0.494 e. The molecule has 19 heavy (non-hydrogen) atoms. The van der Waals surface area contributed by atoms with Crippen LogP contribution in [0.2, 0.25) is 10.0 Å². The van der Waals surface area contributed by atoms with Crippen LogP contribution >= 0.6 is 23.2 Å². The lowest BCUT2D eigenvalue weighted by Crippen LogP contribution is -2.36. The molecule has 1 aliphatic heterocycles. The molecule has 0 bridgehead atoms. The molecule has 1 amide bonds. The lowest BCUT2D eigenvalue weighted by molar-refractivity contribution is 0.0935. The van der Waals surface area contributed by atoms with Gasteiger partial charge < -0.3 is 15.0 Å². The maximum atomic E-state index is 12.3. The number of halogens is 2. The molecule has 0 radical (unpaired) electrons. The Morgan fingerprint density at radius 2 is 2.11 bits per heavy atom. The van der Waals surface area contributed by atoms with Gasteiger partial charge in [0.05, 0.1) is 17.2 Å². The highest BCUT2D eigenvalue weighted by Gasteiger charge is 2.25. The molecule has 1 saturated heterocycles. The van der Waals surface area contributed by atoms with E-state index in [2.05, 4.69) is 10.2 Å². The zero-order valence-electron chi connectivity index (χ0n) is 10.9. The zero-order valence-corrected chi connectivity index (χ0v) is 12.4. The Morgan fingerprint density at radius 3 is 2.68 bits per heavy atom. The van der Waals surface area contributed by atoms with E-state index in [1.165, 1.54) is 7.11 Å². The molecule has 6 heteroatoms. The Bertz CT molecular complexity index is 494. The Morgan fingerprint density at radius 1 is 1.42 bits per heavy atom. The lowest BCUT2D eigenvalue weighted by atomic mass is 10.1. The number of methoxy groups -OCH3 is 1. The summed E-state index contributed by atoms with van der Waals surface area (Å²) in [6.07, 6.45) is 0.933. The number of likely N-dealkylation sites (tertiary alicyclic amines) is 1. The first-order chi connectivity index (χ1) is 9.02. The summed E-state index contributed by atoms with van der Waals surface area (Å²) in [6, 6.07) is 3.35. The van der Waals surface area contributed by atoms with Crippen LogP contribution in [-0.4, -0.2) is 44.1 Å². The van der Waals surface area contributed by atoms with Crippen molar-refractivity contribution in [3.05, 3.63) is 27.7 Å². The zero-order chi connectivity index (χ0) is 14.0. The van der Waals surface area contributed by atoms with E-state index < -0.39 is 0 Å². The Labute approximate surface area is 122 Å². The summed E-state index contributed by atoms with van der Waals surface area (Å²) < 4.78 is 5.18. The molecule has 1 aromatic carbocycles. The van der Waals surface area contributed by atoms with E-state index in [0.29, 0.717) is 21.4 Å². The SMILES string of the molecule is COc1c(Cl)ccc(Cl)c1C(=O)NC1CCN(C)C1. The average Bonchev–Trinajstić information content (AvgIpc) is 2.77. The standard InChI is InChI=1S/C13H16Cl2N2O2/c1-17-6-5-8(7-17)16-13(18)11-9(14)3-4-10(15)12(11)19-2/h3-4,8H,5-7H2,1-2H3,(H,16,18). The third-order valence-electron chi connectivity index (χ3n) is 3.22. The summed E-state index contributed by atoms with van der Waals surface area (Å²) in [4.78, 5) is 14.5. The number of amides is 1. The fourth-order valence-corrected chi connectivity index (χ4v) is 2.72. The summed E-state index contributed by atoms with van der Waals surface area (Å²) >= 11 is 12.1. The maximum absolute atomic E-state index is 12.3. The van der Waals surface area contributed by atoms with Crippen molar-refractivity contribution in [1.82, 2.24) is 10.2 Å².